The molecule has 0 bridgehead atoms. The van der Waals surface area contributed by atoms with Gasteiger partial charge in [0, 0.05) is 44.6 Å². The number of piperazine rings is 1. The number of nitrogens with zero attached hydrogens (tertiary/aromatic N) is 2. The Kier molecular flexibility index (Phi) is 7.06. The SMILES string of the molecule is CC(C)CCNC(=O)C1CCC(C(=O)N2CCN(C=O)CC2)CC1. The molecule has 0 unspecified atom stereocenters. The van der Waals surface area contributed by atoms with Crippen LogP contribution in [0.4, 0.5) is 0 Å². The first kappa shape index (κ1) is 18.7. The minimum Gasteiger partial charge on any atom is -0.356 e. The average molecular weight is 337 g/mol. The zero-order chi connectivity index (χ0) is 17.5. The standard InChI is InChI=1S/C18H31N3O3/c1-14(2)7-8-19-17(23)15-3-5-16(6-4-15)18(24)21-11-9-20(13-22)10-12-21/h13-16H,3-12H2,1-2H3,(H,19,23). The largest absolute Gasteiger partial charge is 0.356 e. The monoisotopic (exact) mass is 337 g/mol. The van der Waals surface area contributed by atoms with E-state index >= 15 is 0 Å². The number of hydrogen-bond donors (Lipinski definition) is 1. The van der Waals surface area contributed by atoms with Crippen molar-refractivity contribution < 1.29 is 14.4 Å². The Hall–Kier alpha value is -1.59. The summed E-state index contributed by atoms with van der Waals surface area (Å²) in [7, 11) is 0. The van der Waals surface area contributed by atoms with Gasteiger partial charge in [0.05, 0.1) is 0 Å². The van der Waals surface area contributed by atoms with Gasteiger partial charge >= 0.3 is 0 Å². The Morgan fingerprint density at radius 2 is 1.62 bits per heavy atom. The minimum atomic E-state index is 0.0486. The molecule has 6 heteroatoms. The molecule has 0 aromatic carbocycles. The molecule has 2 aliphatic rings. The summed E-state index contributed by atoms with van der Waals surface area (Å²) >= 11 is 0. The summed E-state index contributed by atoms with van der Waals surface area (Å²) in [6.45, 7) is 7.57. The summed E-state index contributed by atoms with van der Waals surface area (Å²) in [6, 6.07) is 0. The van der Waals surface area contributed by atoms with Gasteiger partial charge in [-0.25, -0.2) is 0 Å². The molecule has 1 heterocycles. The molecule has 1 saturated heterocycles. The summed E-state index contributed by atoms with van der Waals surface area (Å²) in [6.07, 6.45) is 5.07. The molecule has 6 nitrogen and oxygen atoms in total. The highest BCUT2D eigenvalue weighted by Crippen LogP contribution is 2.30. The molecule has 2 rings (SSSR count). The molecule has 0 spiro atoms. The van der Waals surface area contributed by atoms with Crippen molar-refractivity contribution in [2.75, 3.05) is 32.7 Å². The molecule has 0 aromatic heterocycles. The van der Waals surface area contributed by atoms with Crippen molar-refractivity contribution in [2.45, 2.75) is 46.0 Å². The van der Waals surface area contributed by atoms with Crippen molar-refractivity contribution in [3.8, 4) is 0 Å². The molecular weight excluding hydrogens is 306 g/mol. The Bertz CT molecular complexity index is 437. The summed E-state index contributed by atoms with van der Waals surface area (Å²) in [5.41, 5.74) is 0. The predicted octanol–water partition coefficient (Wildman–Crippen LogP) is 1.26. The maximum Gasteiger partial charge on any atom is 0.225 e. The van der Waals surface area contributed by atoms with Crippen molar-refractivity contribution in [2.24, 2.45) is 17.8 Å². The second-order valence-electron chi connectivity index (χ2n) is 7.49. The van der Waals surface area contributed by atoms with E-state index in [9.17, 15) is 14.4 Å². The Morgan fingerprint density at radius 3 is 2.17 bits per heavy atom. The van der Waals surface area contributed by atoms with E-state index in [4.69, 9.17) is 0 Å². The van der Waals surface area contributed by atoms with Crippen LogP contribution in [-0.4, -0.2) is 60.7 Å². The maximum absolute atomic E-state index is 12.6. The van der Waals surface area contributed by atoms with Crippen LogP contribution in [0.3, 0.4) is 0 Å². The summed E-state index contributed by atoms with van der Waals surface area (Å²) in [5, 5.41) is 3.03. The van der Waals surface area contributed by atoms with Gasteiger partial charge < -0.3 is 15.1 Å². The molecule has 24 heavy (non-hydrogen) atoms. The Morgan fingerprint density at radius 1 is 1.04 bits per heavy atom. The lowest BCUT2D eigenvalue weighted by Gasteiger charge is -2.36. The summed E-state index contributed by atoms with van der Waals surface area (Å²) in [4.78, 5) is 39.1. The lowest BCUT2D eigenvalue weighted by molar-refractivity contribution is -0.141. The van der Waals surface area contributed by atoms with Crippen LogP contribution in [0, 0.1) is 17.8 Å². The molecule has 1 aliphatic carbocycles. The van der Waals surface area contributed by atoms with E-state index in [2.05, 4.69) is 19.2 Å². The maximum atomic E-state index is 12.6. The van der Waals surface area contributed by atoms with E-state index in [1.807, 2.05) is 4.90 Å². The van der Waals surface area contributed by atoms with E-state index in [1.165, 1.54) is 0 Å². The zero-order valence-electron chi connectivity index (χ0n) is 15.0. The van der Waals surface area contributed by atoms with E-state index in [1.54, 1.807) is 4.90 Å². The van der Waals surface area contributed by atoms with Crippen molar-refractivity contribution in [3.63, 3.8) is 0 Å². The van der Waals surface area contributed by atoms with Crippen LogP contribution in [0.2, 0.25) is 0 Å². The van der Waals surface area contributed by atoms with Crippen LogP contribution < -0.4 is 5.32 Å². The molecule has 2 fully saturated rings. The third-order valence-electron chi connectivity index (χ3n) is 5.24. The van der Waals surface area contributed by atoms with Crippen molar-refractivity contribution >= 4 is 18.2 Å². The van der Waals surface area contributed by atoms with E-state index in [-0.39, 0.29) is 23.7 Å². The lowest BCUT2D eigenvalue weighted by Crippen LogP contribution is -2.50. The number of hydrogen-bond acceptors (Lipinski definition) is 3. The normalized spacial score (nSPS) is 24.8. The Balaban J connectivity index is 1.71. The third-order valence-corrected chi connectivity index (χ3v) is 5.24. The highest BCUT2D eigenvalue weighted by molar-refractivity contribution is 5.81. The lowest BCUT2D eigenvalue weighted by atomic mass is 9.80. The van der Waals surface area contributed by atoms with Gasteiger partial charge in [-0.1, -0.05) is 13.8 Å². The second-order valence-corrected chi connectivity index (χ2v) is 7.49. The fourth-order valence-corrected chi connectivity index (χ4v) is 3.54. The molecule has 136 valence electrons. The first-order chi connectivity index (χ1) is 11.5. The van der Waals surface area contributed by atoms with Crippen LogP contribution in [0.1, 0.15) is 46.0 Å². The Labute approximate surface area is 144 Å². The van der Waals surface area contributed by atoms with Crippen molar-refractivity contribution in [1.29, 1.82) is 0 Å². The predicted molar refractivity (Wildman–Crippen MR) is 92.1 cm³/mol. The molecular formula is C18H31N3O3. The van der Waals surface area contributed by atoms with Gasteiger partial charge in [0.15, 0.2) is 0 Å². The van der Waals surface area contributed by atoms with Gasteiger partial charge in [0.2, 0.25) is 18.2 Å². The molecule has 0 radical (unpaired) electrons. The van der Waals surface area contributed by atoms with Crippen LogP contribution in [0.15, 0.2) is 0 Å². The van der Waals surface area contributed by atoms with E-state index in [0.717, 1.165) is 45.1 Å². The first-order valence-corrected chi connectivity index (χ1v) is 9.27. The van der Waals surface area contributed by atoms with Crippen molar-refractivity contribution in [1.82, 2.24) is 15.1 Å². The number of nitrogens with one attached hydrogen (secondary N) is 1. The average Bonchev–Trinajstić information content (AvgIpc) is 2.61. The van der Waals surface area contributed by atoms with Gasteiger partial charge in [0.25, 0.3) is 0 Å². The van der Waals surface area contributed by atoms with Crippen LogP contribution in [-0.2, 0) is 14.4 Å². The quantitative estimate of drug-likeness (QED) is 0.742. The van der Waals surface area contributed by atoms with Crippen LogP contribution in [0.25, 0.3) is 0 Å². The van der Waals surface area contributed by atoms with Gasteiger partial charge in [-0.05, 0) is 38.0 Å². The van der Waals surface area contributed by atoms with Gasteiger partial charge in [-0.2, -0.15) is 0 Å². The molecule has 0 aromatic rings. The van der Waals surface area contributed by atoms with Gasteiger partial charge in [-0.3, -0.25) is 14.4 Å². The molecule has 3 amide bonds. The number of rotatable bonds is 6. The van der Waals surface area contributed by atoms with Gasteiger partial charge in [0.1, 0.15) is 0 Å². The molecule has 0 atom stereocenters. The second kappa shape index (κ2) is 9.04. The molecule has 1 N–H and O–H groups in total. The van der Waals surface area contributed by atoms with E-state index in [0.29, 0.717) is 32.1 Å². The first-order valence-electron chi connectivity index (χ1n) is 9.27. The number of amides is 3. The summed E-state index contributed by atoms with van der Waals surface area (Å²) in [5.74, 6) is 1.07. The van der Waals surface area contributed by atoms with Crippen LogP contribution in [0.5, 0.6) is 0 Å². The van der Waals surface area contributed by atoms with Crippen LogP contribution >= 0.6 is 0 Å². The third kappa shape index (κ3) is 5.21. The fourth-order valence-electron chi connectivity index (χ4n) is 3.54. The number of carbonyl (C=O) groups excluding carboxylic acids is 3. The topological polar surface area (TPSA) is 69.7 Å². The zero-order valence-corrected chi connectivity index (χ0v) is 15.0. The fraction of sp³-hybridized carbons (Fsp3) is 0.833. The minimum absolute atomic E-state index is 0.0486. The highest BCUT2D eigenvalue weighted by atomic mass is 16.2. The summed E-state index contributed by atoms with van der Waals surface area (Å²) < 4.78 is 0. The molecule has 1 aliphatic heterocycles. The van der Waals surface area contributed by atoms with E-state index < -0.39 is 0 Å². The highest BCUT2D eigenvalue weighted by Gasteiger charge is 2.33. The number of carbonyl (C=O) groups is 3. The molecule has 1 saturated carbocycles. The van der Waals surface area contributed by atoms with Crippen molar-refractivity contribution in [3.05, 3.63) is 0 Å². The smallest absolute Gasteiger partial charge is 0.225 e. The van der Waals surface area contributed by atoms with Gasteiger partial charge in [-0.15, -0.1) is 0 Å².